The predicted molar refractivity (Wildman–Crippen MR) is 95.0 cm³/mol. The van der Waals surface area contributed by atoms with E-state index >= 15 is 0 Å². The van der Waals surface area contributed by atoms with E-state index in [1.165, 1.54) is 24.6 Å². The molecule has 1 fully saturated rings. The molecule has 1 amide bonds. The van der Waals surface area contributed by atoms with Gasteiger partial charge in [0.2, 0.25) is 11.8 Å². The Balaban J connectivity index is 1.50. The van der Waals surface area contributed by atoms with Gasteiger partial charge in [-0.1, -0.05) is 42.4 Å². The van der Waals surface area contributed by atoms with E-state index in [0.717, 1.165) is 18.8 Å². The van der Waals surface area contributed by atoms with Crippen molar-refractivity contribution in [3.05, 3.63) is 29.3 Å². The van der Waals surface area contributed by atoms with Crippen LogP contribution in [0.4, 0.5) is 0 Å². The van der Waals surface area contributed by atoms with Crippen molar-refractivity contribution in [2.75, 3.05) is 5.75 Å². The molecule has 7 heteroatoms. The highest BCUT2D eigenvalue weighted by Crippen LogP contribution is 2.28. The average Bonchev–Trinajstić information content (AvgIpc) is 3.04. The van der Waals surface area contributed by atoms with Gasteiger partial charge in [-0.15, -0.1) is 10.2 Å². The molecule has 1 saturated carbocycles. The van der Waals surface area contributed by atoms with Crippen LogP contribution in [0.3, 0.4) is 0 Å². The molecule has 0 bridgehead atoms. The summed E-state index contributed by atoms with van der Waals surface area (Å²) in [6, 6.07) is 7.59. The SMILES string of the molecule is CC1CCC(NC(=O)CSc2nnc(-c3ccccc3Cl)o2)CC1. The van der Waals surface area contributed by atoms with Gasteiger partial charge in [-0.25, -0.2) is 0 Å². The molecule has 0 unspecified atom stereocenters. The Morgan fingerprint density at radius 2 is 2.04 bits per heavy atom. The summed E-state index contributed by atoms with van der Waals surface area (Å²) >= 11 is 7.36. The number of amides is 1. The second kappa shape index (κ2) is 8.03. The summed E-state index contributed by atoms with van der Waals surface area (Å²) in [4.78, 5) is 12.1. The van der Waals surface area contributed by atoms with Crippen LogP contribution in [0.15, 0.2) is 33.9 Å². The van der Waals surface area contributed by atoms with Gasteiger partial charge in [-0.2, -0.15) is 0 Å². The van der Waals surface area contributed by atoms with Gasteiger partial charge >= 0.3 is 0 Å². The predicted octanol–water partition coefficient (Wildman–Crippen LogP) is 4.18. The van der Waals surface area contributed by atoms with E-state index in [0.29, 0.717) is 27.7 Å². The molecular formula is C17H20ClN3O2S. The van der Waals surface area contributed by atoms with Crippen molar-refractivity contribution in [1.29, 1.82) is 0 Å². The minimum Gasteiger partial charge on any atom is -0.411 e. The molecule has 24 heavy (non-hydrogen) atoms. The van der Waals surface area contributed by atoms with Crippen molar-refractivity contribution < 1.29 is 9.21 Å². The molecule has 1 N–H and O–H groups in total. The van der Waals surface area contributed by atoms with Crippen LogP contribution in [-0.4, -0.2) is 27.9 Å². The molecule has 1 heterocycles. The highest BCUT2D eigenvalue weighted by Gasteiger charge is 2.20. The van der Waals surface area contributed by atoms with Crippen molar-refractivity contribution >= 4 is 29.3 Å². The number of hydrogen-bond acceptors (Lipinski definition) is 5. The fourth-order valence-electron chi connectivity index (χ4n) is 2.81. The summed E-state index contributed by atoms with van der Waals surface area (Å²) in [6.07, 6.45) is 4.50. The number of nitrogens with zero attached hydrogens (tertiary/aromatic N) is 2. The van der Waals surface area contributed by atoms with Gasteiger partial charge in [0.05, 0.1) is 16.3 Å². The first-order chi connectivity index (χ1) is 11.6. The lowest BCUT2D eigenvalue weighted by Gasteiger charge is -2.26. The van der Waals surface area contributed by atoms with Gasteiger partial charge in [0.1, 0.15) is 0 Å². The number of thioether (sulfide) groups is 1. The van der Waals surface area contributed by atoms with Crippen molar-refractivity contribution in [2.24, 2.45) is 5.92 Å². The Kier molecular flexibility index (Phi) is 5.79. The molecule has 2 aromatic rings. The minimum absolute atomic E-state index is 0.0112. The van der Waals surface area contributed by atoms with Gasteiger partial charge in [0, 0.05) is 6.04 Å². The van der Waals surface area contributed by atoms with Crippen LogP contribution in [0.5, 0.6) is 0 Å². The van der Waals surface area contributed by atoms with Crippen molar-refractivity contribution in [1.82, 2.24) is 15.5 Å². The third-order valence-electron chi connectivity index (χ3n) is 4.22. The molecule has 0 atom stereocenters. The van der Waals surface area contributed by atoms with Crippen LogP contribution in [0, 0.1) is 5.92 Å². The standard InChI is InChI=1S/C17H20ClN3O2S/c1-11-6-8-12(9-7-11)19-15(22)10-24-17-21-20-16(23-17)13-4-2-3-5-14(13)18/h2-5,11-12H,6-10H2,1H3,(H,19,22). The summed E-state index contributed by atoms with van der Waals surface area (Å²) < 4.78 is 5.58. The zero-order chi connectivity index (χ0) is 16.9. The first-order valence-electron chi connectivity index (χ1n) is 8.12. The highest BCUT2D eigenvalue weighted by molar-refractivity contribution is 7.99. The summed E-state index contributed by atoms with van der Waals surface area (Å²) in [5.41, 5.74) is 0.694. The zero-order valence-electron chi connectivity index (χ0n) is 13.5. The second-order valence-electron chi connectivity index (χ2n) is 6.17. The lowest BCUT2D eigenvalue weighted by Crippen LogP contribution is -2.38. The van der Waals surface area contributed by atoms with Gasteiger partial charge in [-0.05, 0) is 43.7 Å². The van der Waals surface area contributed by atoms with Crippen LogP contribution in [0.1, 0.15) is 32.6 Å². The van der Waals surface area contributed by atoms with Crippen molar-refractivity contribution in [3.8, 4) is 11.5 Å². The molecule has 128 valence electrons. The van der Waals surface area contributed by atoms with Crippen LogP contribution < -0.4 is 5.32 Å². The van der Waals surface area contributed by atoms with E-state index in [1.54, 1.807) is 6.07 Å². The Morgan fingerprint density at radius 3 is 2.79 bits per heavy atom. The van der Waals surface area contributed by atoms with Gasteiger partial charge in [-0.3, -0.25) is 4.79 Å². The maximum atomic E-state index is 12.1. The summed E-state index contributed by atoms with van der Waals surface area (Å²) in [5.74, 6) is 1.42. The zero-order valence-corrected chi connectivity index (χ0v) is 15.1. The number of benzene rings is 1. The maximum absolute atomic E-state index is 12.1. The minimum atomic E-state index is 0.0112. The Morgan fingerprint density at radius 1 is 1.29 bits per heavy atom. The molecule has 0 aliphatic heterocycles. The van der Waals surface area contributed by atoms with Crippen LogP contribution in [0.2, 0.25) is 5.02 Å². The smallest absolute Gasteiger partial charge is 0.277 e. The van der Waals surface area contributed by atoms with Gasteiger partial charge in [0.25, 0.3) is 5.22 Å². The number of hydrogen-bond donors (Lipinski definition) is 1. The first-order valence-corrected chi connectivity index (χ1v) is 9.48. The van der Waals surface area contributed by atoms with Gasteiger partial charge < -0.3 is 9.73 Å². The topological polar surface area (TPSA) is 68.0 Å². The molecular weight excluding hydrogens is 346 g/mol. The number of rotatable bonds is 5. The third kappa shape index (κ3) is 4.51. The molecule has 1 aromatic heterocycles. The molecule has 1 aromatic carbocycles. The van der Waals surface area contributed by atoms with E-state index in [2.05, 4.69) is 22.4 Å². The van der Waals surface area contributed by atoms with Crippen molar-refractivity contribution in [2.45, 2.75) is 43.9 Å². The molecule has 5 nitrogen and oxygen atoms in total. The Hall–Kier alpha value is -1.53. The van der Waals surface area contributed by atoms with Crippen LogP contribution in [0.25, 0.3) is 11.5 Å². The molecule has 0 radical (unpaired) electrons. The molecule has 1 aliphatic rings. The molecule has 0 spiro atoms. The first kappa shape index (κ1) is 17.3. The maximum Gasteiger partial charge on any atom is 0.277 e. The molecule has 3 rings (SSSR count). The number of nitrogens with one attached hydrogen (secondary N) is 1. The van der Waals surface area contributed by atoms with Gasteiger partial charge in [0.15, 0.2) is 0 Å². The lowest BCUT2D eigenvalue weighted by molar-refractivity contribution is -0.119. The lowest BCUT2D eigenvalue weighted by atomic mass is 9.87. The monoisotopic (exact) mass is 365 g/mol. The van der Waals surface area contributed by atoms with E-state index < -0.39 is 0 Å². The average molecular weight is 366 g/mol. The fraction of sp³-hybridized carbons (Fsp3) is 0.471. The van der Waals surface area contributed by atoms with Crippen molar-refractivity contribution in [3.63, 3.8) is 0 Å². The highest BCUT2D eigenvalue weighted by atomic mass is 35.5. The van der Waals surface area contributed by atoms with E-state index in [1.807, 2.05) is 18.2 Å². The Labute approximate surface area is 150 Å². The molecule has 1 aliphatic carbocycles. The van der Waals surface area contributed by atoms with Crippen LogP contribution in [-0.2, 0) is 4.79 Å². The number of carbonyl (C=O) groups is 1. The number of aromatic nitrogens is 2. The summed E-state index contributed by atoms with van der Waals surface area (Å²) in [6.45, 7) is 2.26. The fourth-order valence-corrected chi connectivity index (χ4v) is 3.60. The number of halogens is 1. The number of carbonyl (C=O) groups excluding carboxylic acids is 1. The quantitative estimate of drug-likeness (QED) is 0.805. The van der Waals surface area contributed by atoms with E-state index in [-0.39, 0.29) is 11.7 Å². The van der Waals surface area contributed by atoms with E-state index in [9.17, 15) is 4.79 Å². The largest absolute Gasteiger partial charge is 0.411 e. The summed E-state index contributed by atoms with van der Waals surface area (Å²) in [7, 11) is 0. The summed E-state index contributed by atoms with van der Waals surface area (Å²) in [5, 5.41) is 12.0. The van der Waals surface area contributed by atoms with Crippen LogP contribution >= 0.6 is 23.4 Å². The molecule has 0 saturated heterocycles. The normalized spacial score (nSPS) is 20.8. The second-order valence-corrected chi connectivity index (χ2v) is 7.50. The van der Waals surface area contributed by atoms with E-state index in [4.69, 9.17) is 16.0 Å². The third-order valence-corrected chi connectivity index (χ3v) is 5.37. The Bertz CT molecular complexity index is 699.